The van der Waals surface area contributed by atoms with E-state index >= 15 is 0 Å². The van der Waals surface area contributed by atoms with Gasteiger partial charge < -0.3 is 18.6 Å². The SMILES string of the molecule is COc1cc2c(c3oc(-c4ccccc4)cc(=O)c13)/C(=C/C(C)(C)OC(C)=O)C(=O)O2. The molecule has 0 saturated carbocycles. The molecule has 2 aromatic carbocycles. The molecule has 1 aliphatic heterocycles. The van der Waals surface area contributed by atoms with E-state index < -0.39 is 17.5 Å². The Morgan fingerprint density at radius 3 is 2.45 bits per heavy atom. The molecule has 0 radical (unpaired) electrons. The van der Waals surface area contributed by atoms with Crippen molar-refractivity contribution >= 4 is 28.5 Å². The molecule has 0 bridgehead atoms. The van der Waals surface area contributed by atoms with Crippen LogP contribution in [-0.2, 0) is 14.3 Å². The largest absolute Gasteiger partial charge is 0.496 e. The summed E-state index contributed by atoms with van der Waals surface area (Å²) in [6.07, 6.45) is 1.49. The molecule has 0 fully saturated rings. The molecule has 2 heterocycles. The van der Waals surface area contributed by atoms with Crippen LogP contribution in [-0.4, -0.2) is 24.6 Å². The third-order valence-electron chi connectivity index (χ3n) is 4.80. The second kappa shape index (κ2) is 7.43. The Labute approximate surface area is 177 Å². The minimum atomic E-state index is -1.09. The number of carbonyl (C=O) groups excluding carboxylic acids is 2. The highest BCUT2D eigenvalue weighted by molar-refractivity contribution is 6.25. The van der Waals surface area contributed by atoms with Crippen molar-refractivity contribution in [1.82, 2.24) is 0 Å². The number of rotatable bonds is 4. The quantitative estimate of drug-likeness (QED) is 0.356. The van der Waals surface area contributed by atoms with Crippen LogP contribution in [0.4, 0.5) is 0 Å². The van der Waals surface area contributed by atoms with Gasteiger partial charge >= 0.3 is 11.9 Å². The number of methoxy groups -OCH3 is 1. The van der Waals surface area contributed by atoms with E-state index in [-0.39, 0.29) is 33.5 Å². The molecule has 4 rings (SSSR count). The zero-order chi connectivity index (χ0) is 22.3. The lowest BCUT2D eigenvalue weighted by Crippen LogP contribution is -2.25. The Morgan fingerprint density at radius 1 is 1.10 bits per heavy atom. The Kier molecular flexibility index (Phi) is 4.89. The van der Waals surface area contributed by atoms with Crippen molar-refractivity contribution in [3.05, 3.63) is 64.3 Å². The topological polar surface area (TPSA) is 92.0 Å². The number of benzene rings is 2. The van der Waals surface area contributed by atoms with Gasteiger partial charge in [0.1, 0.15) is 28.2 Å². The van der Waals surface area contributed by atoms with Gasteiger partial charge in [0.15, 0.2) is 11.0 Å². The van der Waals surface area contributed by atoms with Gasteiger partial charge in [0, 0.05) is 24.6 Å². The summed E-state index contributed by atoms with van der Waals surface area (Å²) in [4.78, 5) is 37.2. The fraction of sp³-hybridized carbons (Fsp3) is 0.208. The third kappa shape index (κ3) is 3.70. The van der Waals surface area contributed by atoms with Gasteiger partial charge in [-0.1, -0.05) is 30.3 Å². The summed E-state index contributed by atoms with van der Waals surface area (Å²) in [6, 6.07) is 12.0. The molecular weight excluding hydrogens is 400 g/mol. The first kappa shape index (κ1) is 20.4. The van der Waals surface area contributed by atoms with Crippen LogP contribution in [0.3, 0.4) is 0 Å². The van der Waals surface area contributed by atoms with Gasteiger partial charge in [-0.2, -0.15) is 0 Å². The zero-order valence-corrected chi connectivity index (χ0v) is 17.5. The van der Waals surface area contributed by atoms with Crippen LogP contribution in [0.5, 0.6) is 11.5 Å². The zero-order valence-electron chi connectivity index (χ0n) is 17.5. The lowest BCUT2D eigenvalue weighted by atomic mass is 9.97. The summed E-state index contributed by atoms with van der Waals surface area (Å²) in [7, 11) is 1.42. The number of esters is 2. The van der Waals surface area contributed by atoms with Crippen LogP contribution in [0.25, 0.3) is 27.9 Å². The van der Waals surface area contributed by atoms with E-state index in [1.807, 2.05) is 30.3 Å². The molecule has 0 aliphatic carbocycles. The fourth-order valence-corrected chi connectivity index (χ4v) is 3.65. The fourth-order valence-electron chi connectivity index (χ4n) is 3.65. The van der Waals surface area contributed by atoms with E-state index in [1.54, 1.807) is 13.8 Å². The highest BCUT2D eigenvalue weighted by Crippen LogP contribution is 2.44. The van der Waals surface area contributed by atoms with Crippen molar-refractivity contribution in [2.75, 3.05) is 7.11 Å². The van der Waals surface area contributed by atoms with Gasteiger partial charge in [0.25, 0.3) is 0 Å². The van der Waals surface area contributed by atoms with Crippen LogP contribution >= 0.6 is 0 Å². The van der Waals surface area contributed by atoms with Crippen molar-refractivity contribution < 1.29 is 28.2 Å². The van der Waals surface area contributed by atoms with Gasteiger partial charge in [0.2, 0.25) is 0 Å². The smallest absolute Gasteiger partial charge is 0.344 e. The summed E-state index contributed by atoms with van der Waals surface area (Å²) in [5.74, 6) is -0.363. The average molecular weight is 420 g/mol. The minimum Gasteiger partial charge on any atom is -0.496 e. The molecular formula is C24H20O7. The van der Waals surface area contributed by atoms with Crippen LogP contribution < -0.4 is 14.9 Å². The Hall–Kier alpha value is -3.87. The van der Waals surface area contributed by atoms with Crippen molar-refractivity contribution in [2.24, 2.45) is 0 Å². The maximum Gasteiger partial charge on any atom is 0.344 e. The van der Waals surface area contributed by atoms with E-state index in [2.05, 4.69) is 0 Å². The molecule has 1 aliphatic rings. The van der Waals surface area contributed by atoms with Crippen LogP contribution in [0, 0.1) is 0 Å². The summed E-state index contributed by atoms with van der Waals surface area (Å²) < 4.78 is 22.2. The monoisotopic (exact) mass is 420 g/mol. The molecule has 0 saturated heterocycles. The number of fused-ring (bicyclic) bond motifs is 3. The number of ether oxygens (including phenoxy) is 3. The molecule has 0 N–H and O–H groups in total. The van der Waals surface area contributed by atoms with Gasteiger partial charge in [-0.15, -0.1) is 0 Å². The molecule has 7 nitrogen and oxygen atoms in total. The number of carbonyl (C=O) groups is 2. The molecule has 7 heteroatoms. The van der Waals surface area contributed by atoms with E-state index in [9.17, 15) is 14.4 Å². The first-order chi connectivity index (χ1) is 14.7. The van der Waals surface area contributed by atoms with Crippen LogP contribution in [0.15, 0.2) is 57.8 Å². The predicted octanol–water partition coefficient (Wildman–Crippen LogP) is 4.11. The molecule has 3 aromatic rings. The third-order valence-corrected chi connectivity index (χ3v) is 4.80. The molecule has 31 heavy (non-hydrogen) atoms. The number of hydrogen-bond acceptors (Lipinski definition) is 7. The lowest BCUT2D eigenvalue weighted by Gasteiger charge is -2.20. The molecule has 158 valence electrons. The average Bonchev–Trinajstić information content (AvgIpc) is 3.01. The maximum absolute atomic E-state index is 13.0. The Morgan fingerprint density at radius 2 is 1.81 bits per heavy atom. The molecule has 0 amide bonds. The standard InChI is InChI=1S/C24H20O7/c1-13(25)31-24(2,3)12-15-20-19(30-23(15)27)11-18(28-4)21-16(26)10-17(29-22(20)21)14-8-6-5-7-9-14/h5-12H,1-4H3/b15-12-. The van der Waals surface area contributed by atoms with Crippen LogP contribution in [0.2, 0.25) is 0 Å². The second-order valence-electron chi connectivity index (χ2n) is 7.64. The lowest BCUT2D eigenvalue weighted by molar-refractivity contribution is -0.149. The van der Waals surface area contributed by atoms with E-state index in [4.69, 9.17) is 18.6 Å². The van der Waals surface area contributed by atoms with E-state index in [1.165, 1.54) is 32.2 Å². The van der Waals surface area contributed by atoms with Gasteiger partial charge in [0.05, 0.1) is 18.2 Å². The van der Waals surface area contributed by atoms with Gasteiger partial charge in [-0.3, -0.25) is 9.59 Å². The molecule has 0 spiro atoms. The summed E-state index contributed by atoms with van der Waals surface area (Å²) >= 11 is 0. The van der Waals surface area contributed by atoms with Crippen molar-refractivity contribution in [3.8, 4) is 22.8 Å². The maximum atomic E-state index is 13.0. The van der Waals surface area contributed by atoms with Gasteiger partial charge in [-0.05, 0) is 19.9 Å². The highest BCUT2D eigenvalue weighted by Gasteiger charge is 2.35. The highest BCUT2D eigenvalue weighted by atomic mass is 16.6. The van der Waals surface area contributed by atoms with Crippen LogP contribution in [0.1, 0.15) is 26.3 Å². The second-order valence-corrected chi connectivity index (χ2v) is 7.64. The summed E-state index contributed by atoms with van der Waals surface area (Å²) in [6.45, 7) is 4.57. The van der Waals surface area contributed by atoms with E-state index in [0.29, 0.717) is 16.9 Å². The summed E-state index contributed by atoms with van der Waals surface area (Å²) in [5.41, 5.74) is -0.0906. The van der Waals surface area contributed by atoms with Gasteiger partial charge in [-0.25, -0.2) is 4.79 Å². The first-order valence-electron chi connectivity index (χ1n) is 9.59. The molecule has 0 unspecified atom stereocenters. The normalized spacial score (nSPS) is 14.5. The Bertz CT molecular complexity index is 1300. The summed E-state index contributed by atoms with van der Waals surface area (Å²) in [5, 5.41) is 0.190. The predicted molar refractivity (Wildman–Crippen MR) is 114 cm³/mol. The molecule has 1 aromatic heterocycles. The van der Waals surface area contributed by atoms with E-state index in [0.717, 1.165) is 0 Å². The Balaban J connectivity index is 2.04. The molecule has 0 atom stereocenters. The number of hydrogen-bond donors (Lipinski definition) is 0. The minimum absolute atomic E-state index is 0.141. The van der Waals surface area contributed by atoms with Crippen molar-refractivity contribution in [2.45, 2.75) is 26.4 Å². The first-order valence-corrected chi connectivity index (χ1v) is 9.59. The van der Waals surface area contributed by atoms with Crippen molar-refractivity contribution in [1.29, 1.82) is 0 Å². The van der Waals surface area contributed by atoms with Crippen molar-refractivity contribution in [3.63, 3.8) is 0 Å².